The van der Waals surface area contributed by atoms with Crippen LogP contribution in [-0.2, 0) is 14.3 Å². The maximum atomic E-state index is 11.1. The zero-order valence-corrected chi connectivity index (χ0v) is 33.4. The summed E-state index contributed by atoms with van der Waals surface area (Å²) in [5.41, 5.74) is -0.466. The first kappa shape index (κ1) is 44.1. The number of carboxylic acid groups (broad SMARTS) is 1. The summed E-state index contributed by atoms with van der Waals surface area (Å²) in [6.45, 7) is 15.3. The number of esters is 1. The topological polar surface area (TPSA) is 66.4 Å². The SMILES string of the molecule is CCCCCCCC[N+](CCCCCCCC)(CCCCCCCC)CCCCCCCC.O=C([O-])C(=O)OC12CC3CC(CC(C3)C1)C2. The molecule has 4 fully saturated rings. The monoisotopic (exact) mass is 690 g/mol. The van der Waals surface area contributed by atoms with Gasteiger partial charge in [-0.1, -0.05) is 130 Å². The predicted molar refractivity (Wildman–Crippen MR) is 205 cm³/mol. The highest BCUT2D eigenvalue weighted by Crippen LogP contribution is 2.57. The normalized spacial score (nSPS) is 22.6. The van der Waals surface area contributed by atoms with Crippen molar-refractivity contribution < 1.29 is 23.9 Å². The number of carbonyl (C=O) groups excluding carboxylic acids is 2. The third-order valence-electron chi connectivity index (χ3n) is 12.4. The van der Waals surface area contributed by atoms with Crippen molar-refractivity contribution in [1.82, 2.24) is 0 Å². The highest BCUT2D eigenvalue weighted by molar-refractivity contribution is 6.27. The van der Waals surface area contributed by atoms with Gasteiger partial charge in [0.05, 0.1) is 26.2 Å². The molecule has 0 aromatic rings. The molecule has 5 nitrogen and oxygen atoms in total. The van der Waals surface area contributed by atoms with Crippen LogP contribution in [0.5, 0.6) is 0 Å². The summed E-state index contributed by atoms with van der Waals surface area (Å²) in [5.74, 6) is -0.972. The van der Waals surface area contributed by atoms with E-state index in [1.165, 1.54) is 204 Å². The Morgan fingerprint density at radius 2 is 0.755 bits per heavy atom. The third kappa shape index (κ3) is 18.8. The fraction of sp³-hybridized carbons (Fsp3) is 0.955. The van der Waals surface area contributed by atoms with Crippen LogP contribution in [0.2, 0.25) is 0 Å². The van der Waals surface area contributed by atoms with Crippen molar-refractivity contribution in [2.24, 2.45) is 17.8 Å². The maximum Gasteiger partial charge on any atom is 0.354 e. The maximum absolute atomic E-state index is 11.1. The number of aliphatic carboxylic acids is 1. The van der Waals surface area contributed by atoms with E-state index in [0.717, 1.165) is 19.3 Å². The number of rotatable bonds is 29. The molecule has 0 heterocycles. The average molecular weight is 690 g/mol. The first-order valence-corrected chi connectivity index (χ1v) is 22.1. The number of carboxylic acids is 1. The van der Waals surface area contributed by atoms with Crippen LogP contribution in [0.25, 0.3) is 0 Å². The van der Waals surface area contributed by atoms with Crippen molar-refractivity contribution in [2.75, 3.05) is 26.2 Å². The van der Waals surface area contributed by atoms with E-state index in [4.69, 9.17) is 4.74 Å². The highest BCUT2D eigenvalue weighted by atomic mass is 16.6. The van der Waals surface area contributed by atoms with Gasteiger partial charge in [0.1, 0.15) is 5.60 Å². The number of carbonyl (C=O) groups is 2. The van der Waals surface area contributed by atoms with Crippen LogP contribution in [0, 0.1) is 17.8 Å². The molecule has 5 heteroatoms. The van der Waals surface area contributed by atoms with Crippen molar-refractivity contribution in [3.63, 3.8) is 0 Å². The molecule has 4 aliphatic carbocycles. The fourth-order valence-electron chi connectivity index (χ4n) is 9.98. The number of unbranched alkanes of at least 4 members (excludes halogenated alkanes) is 20. The predicted octanol–water partition coefficient (Wildman–Crippen LogP) is 11.5. The lowest BCUT2D eigenvalue weighted by Gasteiger charge is -2.55. The lowest BCUT2D eigenvalue weighted by atomic mass is 9.54. The number of quaternary nitrogens is 1. The lowest BCUT2D eigenvalue weighted by Crippen LogP contribution is -2.54. The van der Waals surface area contributed by atoms with Gasteiger partial charge in [-0.05, 0) is 108 Å². The molecule has 4 bridgehead atoms. The van der Waals surface area contributed by atoms with E-state index in [0.29, 0.717) is 17.8 Å². The van der Waals surface area contributed by atoms with Gasteiger partial charge in [0, 0.05) is 0 Å². The van der Waals surface area contributed by atoms with Crippen molar-refractivity contribution in [3.8, 4) is 0 Å². The second-order valence-electron chi connectivity index (χ2n) is 17.1. The Bertz CT molecular complexity index is 736. The molecular weight excluding hydrogens is 606 g/mol. The van der Waals surface area contributed by atoms with Crippen molar-refractivity contribution in [2.45, 2.75) is 226 Å². The summed E-state index contributed by atoms with van der Waals surface area (Å²) < 4.78 is 6.69. The van der Waals surface area contributed by atoms with E-state index in [2.05, 4.69) is 27.7 Å². The van der Waals surface area contributed by atoms with Gasteiger partial charge >= 0.3 is 5.97 Å². The molecule has 288 valence electrons. The van der Waals surface area contributed by atoms with Crippen LogP contribution in [0.4, 0.5) is 0 Å². The highest BCUT2D eigenvalue weighted by Gasteiger charge is 2.53. The van der Waals surface area contributed by atoms with Crippen LogP contribution >= 0.6 is 0 Å². The zero-order chi connectivity index (χ0) is 35.6. The summed E-state index contributed by atoms with van der Waals surface area (Å²) in [6, 6.07) is 0. The minimum atomic E-state index is -1.71. The van der Waals surface area contributed by atoms with Gasteiger partial charge in [-0.15, -0.1) is 0 Å². The Labute approximate surface area is 305 Å². The summed E-state index contributed by atoms with van der Waals surface area (Å²) >= 11 is 0. The summed E-state index contributed by atoms with van der Waals surface area (Å²) in [6.07, 6.45) is 41.1. The minimum Gasteiger partial charge on any atom is -0.539 e. The lowest BCUT2D eigenvalue weighted by molar-refractivity contribution is -0.929. The fourth-order valence-corrected chi connectivity index (χ4v) is 9.98. The van der Waals surface area contributed by atoms with Crippen LogP contribution in [-0.4, -0.2) is 48.2 Å². The van der Waals surface area contributed by atoms with E-state index in [1.807, 2.05) is 0 Å². The zero-order valence-electron chi connectivity index (χ0n) is 33.4. The third-order valence-corrected chi connectivity index (χ3v) is 12.4. The molecule has 0 atom stereocenters. The van der Waals surface area contributed by atoms with E-state index >= 15 is 0 Å². The molecular formula is C44H83NO4. The molecule has 0 aromatic heterocycles. The van der Waals surface area contributed by atoms with Crippen molar-refractivity contribution >= 4 is 11.9 Å². The molecule has 4 rings (SSSR count). The van der Waals surface area contributed by atoms with Gasteiger partial charge in [0.2, 0.25) is 0 Å². The second kappa shape index (κ2) is 26.6. The number of hydrogen-bond donors (Lipinski definition) is 0. The second-order valence-corrected chi connectivity index (χ2v) is 17.1. The molecule has 4 aliphatic rings. The molecule has 0 radical (unpaired) electrons. The number of ether oxygens (including phenoxy) is 1. The summed E-state index contributed by atoms with van der Waals surface area (Å²) in [7, 11) is 0. The molecule has 49 heavy (non-hydrogen) atoms. The van der Waals surface area contributed by atoms with Gasteiger partial charge in [0.15, 0.2) is 5.97 Å². The summed E-state index contributed by atoms with van der Waals surface area (Å²) in [5, 5.41) is 10.4. The Morgan fingerprint density at radius 1 is 0.490 bits per heavy atom. The van der Waals surface area contributed by atoms with Crippen molar-refractivity contribution in [3.05, 3.63) is 0 Å². The van der Waals surface area contributed by atoms with Crippen LogP contribution < -0.4 is 5.11 Å². The first-order valence-electron chi connectivity index (χ1n) is 22.1. The summed E-state index contributed by atoms with van der Waals surface area (Å²) in [4.78, 5) is 21.6. The molecule has 0 saturated heterocycles. The Morgan fingerprint density at radius 3 is 1.02 bits per heavy atom. The van der Waals surface area contributed by atoms with Crippen LogP contribution in [0.3, 0.4) is 0 Å². The molecule has 0 amide bonds. The molecule has 0 unspecified atom stereocenters. The van der Waals surface area contributed by atoms with Gasteiger partial charge in [-0.2, -0.15) is 0 Å². The van der Waals surface area contributed by atoms with E-state index in [9.17, 15) is 14.7 Å². The molecule has 0 N–H and O–H groups in total. The quantitative estimate of drug-likeness (QED) is 0.0339. The standard InChI is InChI=1S/C32H68N.C12H16O4/c1-5-9-13-17-21-25-29-33(30-26-22-18-14-10-6-2,31-27-23-19-15-11-7-3)32-28-24-20-16-12-8-4;13-10(14)11(15)16-12-4-7-1-8(5-12)3-9(2-7)6-12/h5-32H2,1-4H3;7-9H,1-6H2,(H,13,14)/q+1;/p-1. The average Bonchev–Trinajstić information content (AvgIpc) is 3.07. The van der Waals surface area contributed by atoms with Crippen LogP contribution in [0.15, 0.2) is 0 Å². The Balaban J connectivity index is 0.000000424. The van der Waals surface area contributed by atoms with E-state index < -0.39 is 17.5 Å². The van der Waals surface area contributed by atoms with E-state index in [-0.39, 0.29) is 0 Å². The number of hydrogen-bond acceptors (Lipinski definition) is 4. The number of nitrogens with zero attached hydrogens (tertiary/aromatic N) is 1. The van der Waals surface area contributed by atoms with Gasteiger partial charge in [-0.25, -0.2) is 4.79 Å². The van der Waals surface area contributed by atoms with Gasteiger partial charge < -0.3 is 19.1 Å². The van der Waals surface area contributed by atoms with Gasteiger partial charge in [0.25, 0.3) is 0 Å². The Hall–Kier alpha value is -1.10. The molecule has 0 aromatic carbocycles. The first-order chi connectivity index (χ1) is 23.8. The molecule has 4 saturated carbocycles. The van der Waals surface area contributed by atoms with Crippen molar-refractivity contribution in [1.29, 1.82) is 0 Å². The molecule has 0 spiro atoms. The Kier molecular flexibility index (Phi) is 24.0. The van der Waals surface area contributed by atoms with Gasteiger partial charge in [-0.3, -0.25) is 0 Å². The smallest absolute Gasteiger partial charge is 0.354 e. The molecule has 0 aliphatic heterocycles. The van der Waals surface area contributed by atoms with Crippen LogP contribution in [0.1, 0.15) is 220 Å². The largest absolute Gasteiger partial charge is 0.539 e. The van der Waals surface area contributed by atoms with E-state index in [1.54, 1.807) is 0 Å². The minimum absolute atomic E-state index is 0.466.